The van der Waals surface area contributed by atoms with Gasteiger partial charge < -0.3 is 10.1 Å². The van der Waals surface area contributed by atoms with Crippen LogP contribution in [0.2, 0.25) is 0 Å². The highest BCUT2D eigenvalue weighted by Gasteiger charge is 2.32. The number of benzene rings is 1. The molecule has 1 aliphatic rings. The Labute approximate surface area is 131 Å². The molecule has 0 fully saturated rings. The molecule has 1 aromatic carbocycles. The molecule has 0 saturated heterocycles. The van der Waals surface area contributed by atoms with Crippen molar-refractivity contribution in [2.24, 2.45) is 5.92 Å². The molecule has 0 aromatic heterocycles. The van der Waals surface area contributed by atoms with Crippen molar-refractivity contribution in [2.45, 2.75) is 46.3 Å². The van der Waals surface area contributed by atoms with Crippen LogP contribution in [0, 0.1) is 5.92 Å². The number of hydrogen-bond acceptors (Lipinski definition) is 3. The minimum absolute atomic E-state index is 0.0877. The monoisotopic (exact) mass is 301 g/mol. The fraction of sp³-hybridized carbons (Fsp3) is 0.444. The summed E-state index contributed by atoms with van der Waals surface area (Å²) in [6.45, 7) is 7.78. The lowest BCUT2D eigenvalue weighted by atomic mass is 9.82. The predicted octanol–water partition coefficient (Wildman–Crippen LogP) is 3.18. The van der Waals surface area contributed by atoms with Gasteiger partial charge in [0.1, 0.15) is 0 Å². The number of carbonyl (C=O) groups is 2. The van der Waals surface area contributed by atoms with Gasteiger partial charge in [0.25, 0.3) is 5.91 Å². The molecule has 0 bridgehead atoms. The van der Waals surface area contributed by atoms with E-state index in [0.29, 0.717) is 5.56 Å². The van der Waals surface area contributed by atoms with Gasteiger partial charge in [-0.3, -0.25) is 4.79 Å². The van der Waals surface area contributed by atoms with Crippen LogP contribution < -0.4 is 5.32 Å². The molecule has 1 amide bonds. The van der Waals surface area contributed by atoms with E-state index in [-0.39, 0.29) is 29.9 Å². The molecule has 118 valence electrons. The van der Waals surface area contributed by atoms with Gasteiger partial charge in [-0.15, -0.1) is 0 Å². The van der Waals surface area contributed by atoms with Gasteiger partial charge in [-0.1, -0.05) is 38.5 Å². The lowest BCUT2D eigenvalue weighted by molar-refractivity contribution is -0.141. The summed E-state index contributed by atoms with van der Waals surface area (Å²) >= 11 is 0. The third-order valence-electron chi connectivity index (χ3n) is 3.94. The van der Waals surface area contributed by atoms with Gasteiger partial charge in [-0.05, 0) is 37.0 Å². The summed E-state index contributed by atoms with van der Waals surface area (Å²) in [5.41, 5.74) is 2.25. The summed E-state index contributed by atoms with van der Waals surface area (Å²) in [5.74, 6) is -0.227. The molecular weight excluding hydrogens is 278 g/mol. The molecule has 1 N–H and O–H groups in total. The molecular formula is C18H23NO3. The third-order valence-corrected chi connectivity index (χ3v) is 3.94. The van der Waals surface area contributed by atoms with Crippen LogP contribution in [0.25, 0.3) is 5.57 Å². The third kappa shape index (κ3) is 3.38. The highest BCUT2D eigenvalue weighted by molar-refractivity contribution is 6.06. The van der Waals surface area contributed by atoms with E-state index in [1.807, 2.05) is 32.0 Å². The minimum atomic E-state index is -0.371. The van der Waals surface area contributed by atoms with E-state index in [1.54, 1.807) is 6.07 Å². The van der Waals surface area contributed by atoms with Crippen LogP contribution in [0.15, 0.2) is 30.3 Å². The molecule has 0 spiro atoms. The van der Waals surface area contributed by atoms with Gasteiger partial charge in [0.15, 0.2) is 0 Å². The van der Waals surface area contributed by atoms with Crippen LogP contribution >= 0.6 is 0 Å². The summed E-state index contributed by atoms with van der Waals surface area (Å²) in [5, 5.41) is 3.02. The molecule has 4 nitrogen and oxygen atoms in total. The van der Waals surface area contributed by atoms with Crippen LogP contribution in [-0.2, 0) is 9.53 Å². The van der Waals surface area contributed by atoms with Gasteiger partial charge in [0.05, 0.1) is 12.1 Å². The Morgan fingerprint density at radius 3 is 2.50 bits per heavy atom. The number of esters is 1. The predicted molar refractivity (Wildman–Crippen MR) is 86.4 cm³/mol. The van der Waals surface area contributed by atoms with Crippen LogP contribution in [0.4, 0.5) is 0 Å². The fourth-order valence-electron chi connectivity index (χ4n) is 2.64. The van der Waals surface area contributed by atoms with Gasteiger partial charge in [-0.25, -0.2) is 4.79 Å². The smallest absolute Gasteiger partial charge is 0.331 e. The van der Waals surface area contributed by atoms with Crippen molar-refractivity contribution in [2.75, 3.05) is 0 Å². The summed E-state index contributed by atoms with van der Waals surface area (Å²) in [6.07, 6.45) is 2.26. The second-order valence-electron chi connectivity index (χ2n) is 5.97. The maximum Gasteiger partial charge on any atom is 0.331 e. The Morgan fingerprint density at radius 1 is 1.27 bits per heavy atom. The van der Waals surface area contributed by atoms with Crippen LogP contribution in [0.5, 0.6) is 0 Å². The second kappa shape index (κ2) is 6.77. The summed E-state index contributed by atoms with van der Waals surface area (Å²) in [4.78, 5) is 24.3. The standard InChI is InChI=1S/C18H23NO3/c1-5-12(4)17-15(10-16(20)22-11(2)3)13-8-6-7-9-14(13)18(21)19-17/h6-12,17H,5H2,1-4H3,(H,19,21)/t12-,17-/m0/s1. The highest BCUT2D eigenvalue weighted by atomic mass is 16.5. The van der Waals surface area contributed by atoms with Crippen molar-refractivity contribution in [3.63, 3.8) is 0 Å². The van der Waals surface area contributed by atoms with Gasteiger partial charge in [0.2, 0.25) is 0 Å². The van der Waals surface area contributed by atoms with Gasteiger partial charge in [0, 0.05) is 11.6 Å². The number of nitrogens with one attached hydrogen (secondary N) is 1. The minimum Gasteiger partial charge on any atom is -0.460 e. The van der Waals surface area contributed by atoms with Crippen molar-refractivity contribution in [3.05, 3.63) is 41.5 Å². The zero-order chi connectivity index (χ0) is 16.3. The van der Waals surface area contributed by atoms with E-state index in [1.165, 1.54) is 6.08 Å². The Morgan fingerprint density at radius 2 is 1.91 bits per heavy atom. The fourth-order valence-corrected chi connectivity index (χ4v) is 2.64. The molecule has 4 heteroatoms. The Kier molecular flexibility index (Phi) is 5.01. The SMILES string of the molecule is CC[C@H](C)[C@@H]1NC(=O)c2ccccc2C1=CC(=O)OC(C)C. The normalized spacial score (nSPS) is 20.5. The molecule has 2 atom stereocenters. The number of ether oxygens (including phenoxy) is 1. The molecule has 22 heavy (non-hydrogen) atoms. The summed E-state index contributed by atoms with van der Waals surface area (Å²) in [6, 6.07) is 7.20. The maximum atomic E-state index is 12.3. The highest BCUT2D eigenvalue weighted by Crippen LogP contribution is 2.31. The molecule has 0 saturated carbocycles. The topological polar surface area (TPSA) is 55.4 Å². The summed E-state index contributed by atoms with van der Waals surface area (Å²) < 4.78 is 5.23. The molecule has 0 radical (unpaired) electrons. The second-order valence-corrected chi connectivity index (χ2v) is 5.97. The molecule has 0 unspecified atom stereocenters. The zero-order valence-electron chi connectivity index (χ0n) is 13.6. The lowest BCUT2D eigenvalue weighted by Crippen LogP contribution is -2.44. The van der Waals surface area contributed by atoms with Crippen molar-refractivity contribution in [1.82, 2.24) is 5.32 Å². The maximum absolute atomic E-state index is 12.3. The average molecular weight is 301 g/mol. The molecule has 1 aliphatic heterocycles. The van der Waals surface area contributed by atoms with E-state index in [9.17, 15) is 9.59 Å². The van der Waals surface area contributed by atoms with E-state index in [0.717, 1.165) is 17.6 Å². The van der Waals surface area contributed by atoms with Crippen LogP contribution in [0.3, 0.4) is 0 Å². The number of amides is 1. The van der Waals surface area contributed by atoms with Crippen molar-refractivity contribution in [1.29, 1.82) is 0 Å². The van der Waals surface area contributed by atoms with Crippen LogP contribution in [-0.4, -0.2) is 24.0 Å². The van der Waals surface area contributed by atoms with Gasteiger partial charge in [-0.2, -0.15) is 0 Å². The van der Waals surface area contributed by atoms with E-state index < -0.39 is 0 Å². The summed E-state index contributed by atoms with van der Waals surface area (Å²) in [7, 11) is 0. The Balaban J connectivity index is 2.48. The van der Waals surface area contributed by atoms with E-state index in [4.69, 9.17) is 4.74 Å². The first-order valence-corrected chi connectivity index (χ1v) is 7.76. The quantitative estimate of drug-likeness (QED) is 0.686. The van der Waals surface area contributed by atoms with Crippen molar-refractivity contribution in [3.8, 4) is 0 Å². The first-order chi connectivity index (χ1) is 10.4. The van der Waals surface area contributed by atoms with Gasteiger partial charge >= 0.3 is 5.97 Å². The molecule has 2 rings (SSSR count). The average Bonchev–Trinajstić information content (AvgIpc) is 2.48. The number of fused-ring (bicyclic) bond motifs is 1. The molecule has 1 heterocycles. The lowest BCUT2D eigenvalue weighted by Gasteiger charge is -2.32. The molecule has 1 aromatic rings. The molecule has 0 aliphatic carbocycles. The zero-order valence-corrected chi connectivity index (χ0v) is 13.6. The van der Waals surface area contributed by atoms with Crippen molar-refractivity contribution >= 4 is 17.4 Å². The number of hydrogen-bond donors (Lipinski definition) is 1. The van der Waals surface area contributed by atoms with Crippen LogP contribution in [0.1, 0.15) is 50.0 Å². The largest absolute Gasteiger partial charge is 0.460 e. The number of carbonyl (C=O) groups excluding carboxylic acids is 2. The first-order valence-electron chi connectivity index (χ1n) is 7.76. The Bertz CT molecular complexity index is 604. The first kappa shape index (κ1) is 16.3. The van der Waals surface area contributed by atoms with Crippen molar-refractivity contribution < 1.29 is 14.3 Å². The Hall–Kier alpha value is -2.10. The van der Waals surface area contributed by atoms with E-state index in [2.05, 4.69) is 19.2 Å². The van der Waals surface area contributed by atoms with E-state index >= 15 is 0 Å². The number of rotatable bonds is 4.